The van der Waals surface area contributed by atoms with Crippen molar-refractivity contribution in [3.8, 4) is 11.8 Å². The van der Waals surface area contributed by atoms with E-state index in [0.717, 1.165) is 0 Å². The number of carbonyl (C=O) groups is 2. The fraction of sp³-hybridized carbons (Fsp3) is 0.308. The number of aromatic hydroxyl groups is 1. The summed E-state index contributed by atoms with van der Waals surface area (Å²) in [4.78, 5) is 22.7. The molecule has 1 rings (SSSR count). The summed E-state index contributed by atoms with van der Waals surface area (Å²) < 4.78 is 0. The van der Waals surface area contributed by atoms with Crippen LogP contribution in [0.1, 0.15) is 30.1 Å². The van der Waals surface area contributed by atoms with Gasteiger partial charge >= 0.3 is 0 Å². The van der Waals surface area contributed by atoms with Crippen molar-refractivity contribution >= 4 is 11.6 Å². The monoisotopic (exact) mass is 231 g/mol. The molecule has 0 fully saturated rings. The molecule has 0 aliphatic carbocycles. The van der Waals surface area contributed by atoms with Gasteiger partial charge in [0, 0.05) is 12.0 Å². The van der Waals surface area contributed by atoms with E-state index in [1.165, 1.54) is 31.2 Å². The minimum atomic E-state index is -0.802. The van der Waals surface area contributed by atoms with Gasteiger partial charge in [-0.05, 0) is 37.6 Å². The van der Waals surface area contributed by atoms with E-state index in [4.69, 9.17) is 10.4 Å². The number of ketones is 2. The van der Waals surface area contributed by atoms with E-state index < -0.39 is 5.92 Å². The first-order valence-corrected chi connectivity index (χ1v) is 5.27. The van der Waals surface area contributed by atoms with Crippen molar-refractivity contribution in [1.29, 1.82) is 5.26 Å². The number of Topliss-reactive ketones (excluding diaryl/α,β-unsaturated/α-hetero) is 2. The summed E-state index contributed by atoms with van der Waals surface area (Å²) in [5.74, 6) is -1.08. The molecule has 17 heavy (non-hydrogen) atoms. The Morgan fingerprint density at radius 3 is 2.41 bits per heavy atom. The lowest BCUT2D eigenvalue weighted by Gasteiger charge is -2.06. The second-order valence-electron chi connectivity index (χ2n) is 3.83. The molecule has 1 aromatic carbocycles. The van der Waals surface area contributed by atoms with Crippen LogP contribution < -0.4 is 0 Å². The van der Waals surface area contributed by atoms with E-state index in [1.54, 1.807) is 0 Å². The van der Waals surface area contributed by atoms with E-state index in [9.17, 15) is 9.59 Å². The van der Waals surface area contributed by atoms with Gasteiger partial charge in [0.2, 0.25) is 0 Å². The first-order valence-electron chi connectivity index (χ1n) is 5.27. The molecule has 4 heteroatoms. The second kappa shape index (κ2) is 5.80. The van der Waals surface area contributed by atoms with E-state index >= 15 is 0 Å². The average Bonchev–Trinajstić information content (AvgIpc) is 2.30. The highest BCUT2D eigenvalue weighted by molar-refractivity contribution is 5.99. The molecule has 0 aliphatic rings. The quantitative estimate of drug-likeness (QED) is 0.787. The van der Waals surface area contributed by atoms with Crippen LogP contribution in [-0.4, -0.2) is 16.7 Å². The highest BCUT2D eigenvalue weighted by Gasteiger charge is 2.19. The summed E-state index contributed by atoms with van der Waals surface area (Å²) >= 11 is 0. The van der Waals surface area contributed by atoms with Gasteiger partial charge in [0.25, 0.3) is 0 Å². The zero-order valence-electron chi connectivity index (χ0n) is 9.51. The summed E-state index contributed by atoms with van der Waals surface area (Å²) in [6, 6.07) is 7.63. The van der Waals surface area contributed by atoms with Crippen LogP contribution in [0.2, 0.25) is 0 Å². The van der Waals surface area contributed by atoms with Crippen molar-refractivity contribution in [3.05, 3.63) is 29.8 Å². The van der Waals surface area contributed by atoms with Crippen LogP contribution in [0.4, 0.5) is 0 Å². The highest BCUT2D eigenvalue weighted by atomic mass is 16.3. The fourth-order valence-electron chi connectivity index (χ4n) is 1.43. The molecule has 0 bridgehead atoms. The fourth-order valence-corrected chi connectivity index (χ4v) is 1.43. The molecule has 0 saturated heterocycles. The minimum Gasteiger partial charge on any atom is -0.508 e. The van der Waals surface area contributed by atoms with E-state index in [-0.39, 0.29) is 30.2 Å². The number of phenols is 1. The van der Waals surface area contributed by atoms with Gasteiger partial charge in [-0.2, -0.15) is 5.26 Å². The number of hydrogen-bond donors (Lipinski definition) is 1. The standard InChI is InChI=1S/C13H13NO3/c1-9(15)2-3-11(8-14)13(17)10-4-6-12(16)7-5-10/h4-7,11,16H,2-3H2,1H3. The van der Waals surface area contributed by atoms with Crippen molar-refractivity contribution in [2.24, 2.45) is 5.92 Å². The van der Waals surface area contributed by atoms with Crippen LogP contribution in [-0.2, 0) is 4.79 Å². The summed E-state index contributed by atoms with van der Waals surface area (Å²) in [6.07, 6.45) is 0.466. The van der Waals surface area contributed by atoms with Gasteiger partial charge in [0.05, 0.1) is 6.07 Å². The number of hydrogen-bond acceptors (Lipinski definition) is 4. The Hall–Kier alpha value is -2.15. The molecule has 88 valence electrons. The van der Waals surface area contributed by atoms with Gasteiger partial charge in [-0.15, -0.1) is 0 Å². The number of rotatable bonds is 5. The Bertz CT molecular complexity index is 457. The van der Waals surface area contributed by atoms with Gasteiger partial charge in [-0.25, -0.2) is 0 Å². The molecule has 0 aliphatic heterocycles. The predicted molar refractivity (Wildman–Crippen MR) is 61.5 cm³/mol. The van der Waals surface area contributed by atoms with Crippen molar-refractivity contribution < 1.29 is 14.7 Å². The maximum absolute atomic E-state index is 11.9. The van der Waals surface area contributed by atoms with E-state index in [1.807, 2.05) is 6.07 Å². The first kappa shape index (κ1) is 12.9. The Kier molecular flexibility index (Phi) is 4.41. The molecule has 1 atom stereocenters. The molecule has 0 heterocycles. The highest BCUT2D eigenvalue weighted by Crippen LogP contribution is 2.16. The largest absolute Gasteiger partial charge is 0.508 e. The van der Waals surface area contributed by atoms with Crippen LogP contribution in [0.25, 0.3) is 0 Å². The van der Waals surface area contributed by atoms with Crippen LogP contribution in [0, 0.1) is 17.2 Å². The zero-order chi connectivity index (χ0) is 12.8. The summed E-state index contributed by atoms with van der Waals surface area (Å²) in [6.45, 7) is 1.43. The lowest BCUT2D eigenvalue weighted by Crippen LogP contribution is -2.14. The lowest BCUT2D eigenvalue weighted by atomic mass is 9.94. The number of nitriles is 1. The van der Waals surface area contributed by atoms with Crippen LogP contribution in [0.5, 0.6) is 5.75 Å². The third-order valence-corrected chi connectivity index (χ3v) is 2.41. The molecule has 1 unspecified atom stereocenters. The van der Waals surface area contributed by atoms with Crippen molar-refractivity contribution in [1.82, 2.24) is 0 Å². The maximum Gasteiger partial charge on any atom is 0.179 e. The number of carbonyl (C=O) groups excluding carboxylic acids is 2. The maximum atomic E-state index is 11.9. The number of nitrogens with zero attached hydrogens (tertiary/aromatic N) is 1. The third-order valence-electron chi connectivity index (χ3n) is 2.41. The smallest absolute Gasteiger partial charge is 0.179 e. The Morgan fingerprint density at radius 2 is 1.94 bits per heavy atom. The summed E-state index contributed by atoms with van der Waals surface area (Å²) in [5.41, 5.74) is 0.373. The number of phenolic OH excluding ortho intramolecular Hbond substituents is 1. The predicted octanol–water partition coefficient (Wildman–Crippen LogP) is 2.08. The van der Waals surface area contributed by atoms with Crippen LogP contribution in [0.15, 0.2) is 24.3 Å². The normalized spacial score (nSPS) is 11.5. The summed E-state index contributed by atoms with van der Waals surface area (Å²) in [5, 5.41) is 18.0. The molecule has 4 nitrogen and oxygen atoms in total. The van der Waals surface area contributed by atoms with Crippen molar-refractivity contribution in [2.45, 2.75) is 19.8 Å². The molecule has 0 radical (unpaired) electrons. The first-order chi connectivity index (χ1) is 8.04. The number of benzene rings is 1. The molecule has 0 spiro atoms. The average molecular weight is 231 g/mol. The Labute approximate surface area is 99.5 Å². The van der Waals surface area contributed by atoms with Gasteiger partial charge in [0.15, 0.2) is 5.78 Å². The van der Waals surface area contributed by atoms with E-state index in [0.29, 0.717) is 5.56 Å². The van der Waals surface area contributed by atoms with Gasteiger partial charge in [-0.3, -0.25) is 4.79 Å². The Morgan fingerprint density at radius 1 is 1.35 bits per heavy atom. The minimum absolute atomic E-state index is 0.0382. The molecule has 1 aromatic rings. The molecular weight excluding hydrogens is 218 g/mol. The second-order valence-corrected chi connectivity index (χ2v) is 3.83. The van der Waals surface area contributed by atoms with Crippen molar-refractivity contribution in [2.75, 3.05) is 0 Å². The van der Waals surface area contributed by atoms with Gasteiger partial charge in [0.1, 0.15) is 17.5 Å². The zero-order valence-corrected chi connectivity index (χ0v) is 9.51. The SMILES string of the molecule is CC(=O)CCC(C#N)C(=O)c1ccc(O)cc1. The molecule has 1 N–H and O–H groups in total. The topological polar surface area (TPSA) is 78.2 Å². The molecule has 0 saturated carbocycles. The molecule has 0 amide bonds. The lowest BCUT2D eigenvalue weighted by molar-refractivity contribution is -0.117. The van der Waals surface area contributed by atoms with Crippen LogP contribution in [0.3, 0.4) is 0 Å². The van der Waals surface area contributed by atoms with Crippen molar-refractivity contribution in [3.63, 3.8) is 0 Å². The van der Waals surface area contributed by atoms with Gasteiger partial charge < -0.3 is 9.90 Å². The Balaban J connectivity index is 2.76. The third kappa shape index (κ3) is 3.72. The van der Waals surface area contributed by atoms with Gasteiger partial charge in [-0.1, -0.05) is 0 Å². The summed E-state index contributed by atoms with van der Waals surface area (Å²) in [7, 11) is 0. The van der Waals surface area contributed by atoms with Crippen LogP contribution >= 0.6 is 0 Å². The van der Waals surface area contributed by atoms with E-state index in [2.05, 4.69) is 0 Å². The molecular formula is C13H13NO3. The molecule has 0 aromatic heterocycles.